The number of carbonyl (C=O) groups is 1. The Bertz CT molecular complexity index is 1130. The number of hydrogen-bond donors (Lipinski definition) is 0. The van der Waals surface area contributed by atoms with Crippen LogP contribution in [0.5, 0.6) is 0 Å². The first-order valence-electron chi connectivity index (χ1n) is 9.66. The number of amides is 1. The van der Waals surface area contributed by atoms with Gasteiger partial charge in [-0.2, -0.15) is 0 Å². The zero-order chi connectivity index (χ0) is 20.5. The van der Waals surface area contributed by atoms with Crippen molar-refractivity contribution in [2.45, 2.75) is 6.92 Å². The molecular weight excluding hydrogens is 400 g/mol. The van der Waals surface area contributed by atoms with Gasteiger partial charge in [-0.1, -0.05) is 11.3 Å². The quantitative estimate of drug-likeness (QED) is 0.503. The molecule has 0 radical (unpaired) electrons. The highest BCUT2D eigenvalue weighted by molar-refractivity contribution is 7.16. The van der Waals surface area contributed by atoms with Crippen LogP contribution in [0.4, 0.5) is 5.82 Å². The van der Waals surface area contributed by atoms with Crippen molar-refractivity contribution in [3.8, 4) is 10.9 Å². The molecule has 0 unspecified atom stereocenters. The predicted molar refractivity (Wildman–Crippen MR) is 113 cm³/mol. The Morgan fingerprint density at radius 2 is 1.70 bits per heavy atom. The minimum absolute atomic E-state index is 0.0459. The number of imidazole rings is 1. The van der Waals surface area contributed by atoms with Crippen molar-refractivity contribution < 1.29 is 4.79 Å². The van der Waals surface area contributed by atoms with Crippen LogP contribution in [0.15, 0.2) is 55.4 Å². The van der Waals surface area contributed by atoms with Gasteiger partial charge >= 0.3 is 0 Å². The number of aryl methyl sites for hydroxylation is 1. The molecule has 9 nitrogen and oxygen atoms in total. The van der Waals surface area contributed by atoms with Crippen LogP contribution in [0.1, 0.15) is 15.4 Å². The second kappa shape index (κ2) is 7.71. The summed E-state index contributed by atoms with van der Waals surface area (Å²) in [7, 11) is 0. The number of carbonyl (C=O) groups excluding carboxylic acids is 1. The van der Waals surface area contributed by atoms with E-state index >= 15 is 0 Å². The van der Waals surface area contributed by atoms with Crippen LogP contribution < -0.4 is 4.90 Å². The highest BCUT2D eigenvalue weighted by Gasteiger charge is 2.26. The van der Waals surface area contributed by atoms with Crippen molar-refractivity contribution in [1.82, 2.24) is 34.2 Å². The molecule has 0 spiro atoms. The van der Waals surface area contributed by atoms with E-state index in [1.807, 2.05) is 63.8 Å². The number of anilines is 1. The second-order valence-electron chi connectivity index (χ2n) is 7.00. The van der Waals surface area contributed by atoms with E-state index < -0.39 is 0 Å². The molecule has 0 aromatic carbocycles. The maximum absolute atomic E-state index is 13.1. The number of piperazine rings is 1. The van der Waals surface area contributed by atoms with Gasteiger partial charge in [-0.3, -0.25) is 9.36 Å². The molecule has 4 aromatic rings. The minimum Gasteiger partial charge on any atom is -0.352 e. The number of thiazole rings is 1. The zero-order valence-electron chi connectivity index (χ0n) is 16.4. The molecule has 0 saturated carbocycles. The lowest BCUT2D eigenvalue weighted by molar-refractivity contribution is 0.0750. The van der Waals surface area contributed by atoms with Gasteiger partial charge in [0.2, 0.25) is 0 Å². The number of nitrogens with zero attached hydrogens (tertiary/aromatic N) is 8. The lowest BCUT2D eigenvalue weighted by Crippen LogP contribution is -2.49. The van der Waals surface area contributed by atoms with Gasteiger partial charge in [0.05, 0.1) is 5.69 Å². The highest BCUT2D eigenvalue weighted by Crippen LogP contribution is 2.24. The van der Waals surface area contributed by atoms with Crippen LogP contribution in [0, 0.1) is 6.92 Å². The van der Waals surface area contributed by atoms with Gasteiger partial charge < -0.3 is 14.4 Å². The predicted octanol–water partition coefficient (Wildman–Crippen LogP) is 2.18. The van der Waals surface area contributed by atoms with Gasteiger partial charge in [-0.15, -0.1) is 10.2 Å². The van der Waals surface area contributed by atoms with Gasteiger partial charge in [0, 0.05) is 51.0 Å². The SMILES string of the molecule is Cc1nc(-n2cccc2)sc1C(=O)N1CCN(c2ccc(-n3ccnc3)nn2)CC1. The van der Waals surface area contributed by atoms with E-state index in [0.717, 1.165) is 22.5 Å². The summed E-state index contributed by atoms with van der Waals surface area (Å²) in [6, 6.07) is 7.77. The van der Waals surface area contributed by atoms with E-state index in [9.17, 15) is 4.79 Å². The Morgan fingerprint density at radius 3 is 2.37 bits per heavy atom. The molecule has 1 fully saturated rings. The molecule has 1 aliphatic heterocycles. The van der Waals surface area contributed by atoms with Crippen molar-refractivity contribution in [2.75, 3.05) is 31.1 Å². The molecule has 10 heteroatoms. The van der Waals surface area contributed by atoms with E-state index in [0.29, 0.717) is 31.1 Å². The van der Waals surface area contributed by atoms with Crippen LogP contribution in [0.25, 0.3) is 10.9 Å². The molecular formula is C20H20N8OS. The monoisotopic (exact) mass is 420 g/mol. The number of hydrogen-bond acceptors (Lipinski definition) is 7. The van der Waals surface area contributed by atoms with Gasteiger partial charge in [0.25, 0.3) is 5.91 Å². The minimum atomic E-state index is 0.0459. The Labute approximate surface area is 177 Å². The lowest BCUT2D eigenvalue weighted by Gasteiger charge is -2.35. The number of aromatic nitrogens is 6. The smallest absolute Gasteiger partial charge is 0.266 e. The molecule has 1 saturated heterocycles. The average Bonchev–Trinajstić information content (AvgIpc) is 3.55. The van der Waals surface area contributed by atoms with Gasteiger partial charge in [-0.05, 0) is 31.2 Å². The zero-order valence-corrected chi connectivity index (χ0v) is 17.2. The van der Waals surface area contributed by atoms with Gasteiger partial charge in [0.1, 0.15) is 11.2 Å². The molecule has 5 rings (SSSR count). The third-order valence-electron chi connectivity index (χ3n) is 5.10. The summed E-state index contributed by atoms with van der Waals surface area (Å²) >= 11 is 1.43. The maximum Gasteiger partial charge on any atom is 0.266 e. The highest BCUT2D eigenvalue weighted by atomic mass is 32.1. The van der Waals surface area contributed by atoms with E-state index in [1.54, 1.807) is 12.5 Å². The molecule has 152 valence electrons. The molecule has 1 aliphatic rings. The molecule has 0 N–H and O–H groups in total. The first-order valence-corrected chi connectivity index (χ1v) is 10.5. The molecule has 1 amide bonds. The first-order chi connectivity index (χ1) is 14.7. The van der Waals surface area contributed by atoms with Crippen LogP contribution in [-0.4, -0.2) is 66.3 Å². The van der Waals surface area contributed by atoms with E-state index in [-0.39, 0.29) is 5.91 Å². The van der Waals surface area contributed by atoms with Crippen LogP contribution >= 0.6 is 11.3 Å². The van der Waals surface area contributed by atoms with Gasteiger partial charge in [-0.25, -0.2) is 9.97 Å². The summed E-state index contributed by atoms with van der Waals surface area (Å²) in [6.07, 6.45) is 9.10. The van der Waals surface area contributed by atoms with Crippen molar-refractivity contribution in [3.63, 3.8) is 0 Å². The Morgan fingerprint density at radius 1 is 0.967 bits per heavy atom. The third kappa shape index (κ3) is 3.45. The topological polar surface area (TPSA) is 85.0 Å². The first kappa shape index (κ1) is 18.5. The summed E-state index contributed by atoms with van der Waals surface area (Å²) in [5, 5.41) is 9.44. The third-order valence-corrected chi connectivity index (χ3v) is 6.26. The Hall–Kier alpha value is -3.53. The summed E-state index contributed by atoms with van der Waals surface area (Å²) < 4.78 is 3.74. The van der Waals surface area contributed by atoms with Crippen LogP contribution in [0.2, 0.25) is 0 Å². The largest absolute Gasteiger partial charge is 0.352 e. The summed E-state index contributed by atoms with van der Waals surface area (Å²) in [4.78, 5) is 26.4. The van der Waals surface area contributed by atoms with E-state index in [2.05, 4.69) is 25.1 Å². The lowest BCUT2D eigenvalue weighted by atomic mass is 10.2. The fourth-order valence-electron chi connectivity index (χ4n) is 3.45. The molecule has 4 aromatic heterocycles. The van der Waals surface area contributed by atoms with Crippen LogP contribution in [0.3, 0.4) is 0 Å². The van der Waals surface area contributed by atoms with Crippen molar-refractivity contribution in [3.05, 3.63) is 66.0 Å². The summed E-state index contributed by atoms with van der Waals surface area (Å²) in [5.74, 6) is 1.59. The molecule has 0 bridgehead atoms. The standard InChI is InChI=1S/C20H20N8OS/c1-15-18(30-20(22-15)27-7-2-3-8-27)19(29)26-12-10-25(11-13-26)16-4-5-17(24-23-16)28-9-6-21-14-28/h2-9,14H,10-13H2,1H3. The maximum atomic E-state index is 13.1. The second-order valence-corrected chi connectivity index (χ2v) is 7.98. The fraction of sp³-hybridized carbons (Fsp3) is 0.250. The Balaban J connectivity index is 1.24. The number of rotatable bonds is 4. The molecule has 0 atom stereocenters. The van der Waals surface area contributed by atoms with Gasteiger partial charge in [0.15, 0.2) is 16.8 Å². The normalized spacial score (nSPS) is 14.3. The Kier molecular flexibility index (Phi) is 4.75. The fourth-order valence-corrected chi connectivity index (χ4v) is 4.46. The van der Waals surface area contributed by atoms with Crippen molar-refractivity contribution in [2.24, 2.45) is 0 Å². The molecule has 5 heterocycles. The molecule has 0 aliphatic carbocycles. The van der Waals surface area contributed by atoms with E-state index in [1.165, 1.54) is 11.3 Å². The van der Waals surface area contributed by atoms with Crippen molar-refractivity contribution in [1.29, 1.82) is 0 Å². The van der Waals surface area contributed by atoms with E-state index in [4.69, 9.17) is 0 Å². The van der Waals surface area contributed by atoms with Crippen LogP contribution in [-0.2, 0) is 0 Å². The summed E-state index contributed by atoms with van der Waals surface area (Å²) in [5.41, 5.74) is 0.775. The summed E-state index contributed by atoms with van der Waals surface area (Å²) in [6.45, 7) is 4.60. The average molecular weight is 421 g/mol. The van der Waals surface area contributed by atoms with Crippen molar-refractivity contribution >= 4 is 23.1 Å². The molecule has 30 heavy (non-hydrogen) atoms.